The second-order valence-electron chi connectivity index (χ2n) is 6.59. The Hall–Kier alpha value is -2.04. The number of rotatable bonds is 4. The zero-order chi connectivity index (χ0) is 18.4. The number of methoxy groups -OCH3 is 1. The predicted octanol–water partition coefficient (Wildman–Crippen LogP) is 0.496. The van der Waals surface area contributed by atoms with Crippen LogP contribution in [-0.2, 0) is 19.6 Å². The maximum absolute atomic E-state index is 12.9. The Morgan fingerprint density at radius 2 is 2.04 bits per heavy atom. The van der Waals surface area contributed by atoms with Crippen molar-refractivity contribution in [2.24, 2.45) is 17.1 Å². The van der Waals surface area contributed by atoms with Gasteiger partial charge in [-0.2, -0.15) is 4.31 Å². The Morgan fingerprint density at radius 3 is 2.60 bits per heavy atom. The van der Waals surface area contributed by atoms with E-state index in [0.29, 0.717) is 12.8 Å². The third-order valence-corrected chi connectivity index (χ3v) is 6.98. The largest absolute Gasteiger partial charge is 0.469 e. The summed E-state index contributed by atoms with van der Waals surface area (Å²) in [7, 11) is -2.58. The highest BCUT2D eigenvalue weighted by Gasteiger charge is 2.59. The van der Waals surface area contributed by atoms with Gasteiger partial charge in [0.25, 0.3) is 5.69 Å². The summed E-state index contributed by atoms with van der Waals surface area (Å²) in [6.45, 7) is 0.194. The fraction of sp³-hybridized carbons (Fsp3) is 0.533. The highest BCUT2D eigenvalue weighted by atomic mass is 32.2. The maximum Gasteiger partial charge on any atom is 0.313 e. The van der Waals surface area contributed by atoms with Crippen molar-refractivity contribution >= 4 is 21.7 Å². The molecule has 9 nitrogen and oxygen atoms in total. The van der Waals surface area contributed by atoms with Gasteiger partial charge < -0.3 is 10.5 Å². The van der Waals surface area contributed by atoms with Crippen LogP contribution in [-0.4, -0.2) is 49.9 Å². The molecule has 2 aliphatic rings. The van der Waals surface area contributed by atoms with Crippen LogP contribution in [0.25, 0.3) is 0 Å². The van der Waals surface area contributed by atoms with Crippen molar-refractivity contribution in [1.29, 1.82) is 0 Å². The number of nitrogens with two attached hydrogens (primary N) is 1. The summed E-state index contributed by atoms with van der Waals surface area (Å²) in [6, 6.07) is 4.55. The molecule has 0 bridgehead atoms. The Bertz CT molecular complexity index is 809. The van der Waals surface area contributed by atoms with Gasteiger partial charge >= 0.3 is 5.97 Å². The lowest BCUT2D eigenvalue weighted by Gasteiger charge is -2.25. The fourth-order valence-corrected chi connectivity index (χ4v) is 5.52. The lowest BCUT2D eigenvalue weighted by atomic mass is 9.81. The van der Waals surface area contributed by atoms with Crippen molar-refractivity contribution in [3.8, 4) is 0 Å². The fourth-order valence-electron chi connectivity index (χ4n) is 3.97. The van der Waals surface area contributed by atoms with Crippen LogP contribution in [0.2, 0.25) is 0 Å². The molecule has 0 spiro atoms. The number of nitrogens with zero attached hydrogens (tertiary/aromatic N) is 2. The molecule has 3 atom stereocenters. The molecule has 1 aromatic rings. The Morgan fingerprint density at radius 1 is 1.40 bits per heavy atom. The molecule has 1 saturated carbocycles. The van der Waals surface area contributed by atoms with E-state index in [9.17, 15) is 23.3 Å². The number of hydrogen-bond acceptors (Lipinski definition) is 7. The minimum Gasteiger partial charge on any atom is -0.469 e. The first-order chi connectivity index (χ1) is 11.7. The van der Waals surface area contributed by atoms with E-state index in [4.69, 9.17) is 10.5 Å². The van der Waals surface area contributed by atoms with E-state index in [1.54, 1.807) is 0 Å². The summed E-state index contributed by atoms with van der Waals surface area (Å²) in [5.74, 6) is -0.630. The molecule has 0 aromatic heterocycles. The van der Waals surface area contributed by atoms with E-state index in [-0.39, 0.29) is 35.6 Å². The highest BCUT2D eigenvalue weighted by Crippen LogP contribution is 2.50. The van der Waals surface area contributed by atoms with Gasteiger partial charge in [-0.25, -0.2) is 8.42 Å². The lowest BCUT2D eigenvalue weighted by molar-refractivity contribution is -0.384. The molecule has 1 aliphatic heterocycles. The number of nitro benzene ring substituents is 1. The van der Waals surface area contributed by atoms with Gasteiger partial charge in [0.1, 0.15) is 0 Å². The first-order valence-corrected chi connectivity index (χ1v) is 9.23. The number of carbonyl (C=O) groups is 1. The van der Waals surface area contributed by atoms with Crippen LogP contribution < -0.4 is 5.73 Å². The summed E-state index contributed by atoms with van der Waals surface area (Å²) in [6.07, 6.45) is 0.942. The molecule has 136 valence electrons. The standard InChI is InChI=1S/C15H19N3O6S/c1-24-14(19)15-7-11(16)6-10(15)8-17(9-15)25(22,23)13-4-2-12(3-5-13)18(20)21/h2-5,10-11H,6-9,16H2,1H3/t10-,11+,15-/m0/s1. The van der Waals surface area contributed by atoms with Gasteiger partial charge in [-0.15, -0.1) is 0 Å². The number of hydrogen-bond donors (Lipinski definition) is 1. The third kappa shape index (κ3) is 2.79. The lowest BCUT2D eigenvalue weighted by Crippen LogP contribution is -2.39. The molecule has 10 heteroatoms. The van der Waals surface area contributed by atoms with Crippen LogP contribution in [0.15, 0.2) is 29.2 Å². The minimum atomic E-state index is -3.86. The number of carbonyl (C=O) groups excluding carboxylic acids is 1. The third-order valence-electron chi connectivity index (χ3n) is 5.15. The molecule has 2 fully saturated rings. The topological polar surface area (TPSA) is 133 Å². The summed E-state index contributed by atoms with van der Waals surface area (Å²) < 4.78 is 31.9. The molecule has 1 aliphatic carbocycles. The van der Waals surface area contributed by atoms with E-state index in [1.807, 2.05) is 0 Å². The molecule has 0 radical (unpaired) electrons. The van der Waals surface area contributed by atoms with Gasteiger partial charge in [0.05, 0.1) is 22.3 Å². The molecule has 1 heterocycles. The van der Waals surface area contributed by atoms with Crippen LogP contribution in [0.1, 0.15) is 12.8 Å². The van der Waals surface area contributed by atoms with Crippen LogP contribution in [0.3, 0.4) is 0 Å². The van der Waals surface area contributed by atoms with Gasteiger partial charge in [0.2, 0.25) is 10.0 Å². The molecule has 25 heavy (non-hydrogen) atoms. The molecule has 3 rings (SSSR count). The molecule has 1 aromatic carbocycles. The number of ether oxygens (including phenoxy) is 1. The van der Waals surface area contributed by atoms with Gasteiger partial charge in [0.15, 0.2) is 0 Å². The van der Waals surface area contributed by atoms with Crippen LogP contribution in [0.4, 0.5) is 5.69 Å². The molecule has 1 saturated heterocycles. The monoisotopic (exact) mass is 369 g/mol. The zero-order valence-electron chi connectivity index (χ0n) is 13.6. The SMILES string of the molecule is COC(=O)[C@]12C[C@H](N)C[C@H]1CN(S(=O)(=O)c1ccc([N+](=O)[O-])cc1)C2. The van der Waals surface area contributed by atoms with Crippen LogP contribution >= 0.6 is 0 Å². The first-order valence-electron chi connectivity index (χ1n) is 7.79. The summed E-state index contributed by atoms with van der Waals surface area (Å²) in [5.41, 5.74) is 4.87. The number of benzene rings is 1. The quantitative estimate of drug-likeness (QED) is 0.464. The van der Waals surface area contributed by atoms with Crippen molar-refractivity contribution in [3.63, 3.8) is 0 Å². The van der Waals surface area contributed by atoms with Gasteiger partial charge in [0, 0.05) is 31.3 Å². The molecule has 0 amide bonds. The van der Waals surface area contributed by atoms with E-state index in [1.165, 1.54) is 23.5 Å². The maximum atomic E-state index is 12.9. The molecular weight excluding hydrogens is 350 g/mol. The molecular formula is C15H19N3O6S. The van der Waals surface area contributed by atoms with Crippen molar-refractivity contribution < 1.29 is 22.9 Å². The first kappa shape index (κ1) is 17.8. The van der Waals surface area contributed by atoms with E-state index >= 15 is 0 Å². The van der Waals surface area contributed by atoms with Gasteiger partial charge in [-0.3, -0.25) is 14.9 Å². The normalized spacial score (nSPS) is 29.4. The van der Waals surface area contributed by atoms with E-state index in [2.05, 4.69) is 0 Å². The van der Waals surface area contributed by atoms with Crippen molar-refractivity contribution in [1.82, 2.24) is 4.31 Å². The average molecular weight is 369 g/mol. The van der Waals surface area contributed by atoms with Crippen LogP contribution in [0.5, 0.6) is 0 Å². The Labute approximate surface area is 144 Å². The summed E-state index contributed by atoms with van der Waals surface area (Å²) in [4.78, 5) is 22.4. The van der Waals surface area contributed by atoms with Crippen LogP contribution in [0, 0.1) is 21.4 Å². The van der Waals surface area contributed by atoms with Crippen molar-refractivity contribution in [2.75, 3.05) is 20.2 Å². The van der Waals surface area contributed by atoms with Crippen molar-refractivity contribution in [2.45, 2.75) is 23.8 Å². The number of nitro groups is 1. The highest BCUT2D eigenvalue weighted by molar-refractivity contribution is 7.89. The minimum absolute atomic E-state index is 0.0113. The summed E-state index contributed by atoms with van der Waals surface area (Å²) >= 11 is 0. The molecule has 2 N–H and O–H groups in total. The number of fused-ring (bicyclic) bond motifs is 1. The average Bonchev–Trinajstić information content (AvgIpc) is 3.08. The predicted molar refractivity (Wildman–Crippen MR) is 87.0 cm³/mol. The number of esters is 1. The van der Waals surface area contributed by atoms with Gasteiger partial charge in [-0.1, -0.05) is 0 Å². The second-order valence-corrected chi connectivity index (χ2v) is 8.53. The number of sulfonamides is 1. The summed E-state index contributed by atoms with van der Waals surface area (Å²) in [5, 5.41) is 10.7. The number of non-ortho nitro benzene ring substituents is 1. The Balaban J connectivity index is 1.90. The van der Waals surface area contributed by atoms with Gasteiger partial charge in [-0.05, 0) is 30.9 Å². The van der Waals surface area contributed by atoms with E-state index in [0.717, 1.165) is 12.1 Å². The Kier molecular flexibility index (Phi) is 4.30. The molecule has 0 unspecified atom stereocenters. The zero-order valence-corrected chi connectivity index (χ0v) is 14.4. The smallest absolute Gasteiger partial charge is 0.313 e. The second kappa shape index (κ2) is 6.04. The van der Waals surface area contributed by atoms with E-state index < -0.39 is 26.3 Å². The van der Waals surface area contributed by atoms with Crippen molar-refractivity contribution in [3.05, 3.63) is 34.4 Å².